The largest absolute Gasteiger partial charge is 0.354 e. The molecule has 2 rings (SSSR count). The van der Waals surface area contributed by atoms with E-state index in [-0.39, 0.29) is 18.0 Å². The predicted octanol–water partition coefficient (Wildman–Crippen LogP) is 3.52. The van der Waals surface area contributed by atoms with Crippen LogP contribution in [-0.4, -0.2) is 22.5 Å². The molecule has 0 aliphatic rings. The van der Waals surface area contributed by atoms with Crippen molar-refractivity contribution in [1.29, 1.82) is 0 Å². The van der Waals surface area contributed by atoms with Crippen LogP contribution in [0.25, 0.3) is 0 Å². The number of hydrogen-bond acceptors (Lipinski definition) is 2. The maximum atomic E-state index is 12.1. The number of hydrogen-bond donors (Lipinski definition) is 3. The van der Waals surface area contributed by atoms with Crippen LogP contribution in [0.5, 0.6) is 0 Å². The number of aromatic nitrogens is 1. The van der Waals surface area contributed by atoms with Gasteiger partial charge in [0.2, 0.25) is 5.91 Å². The maximum Gasteiger partial charge on any atom is 0.319 e. The van der Waals surface area contributed by atoms with Crippen molar-refractivity contribution in [2.24, 2.45) is 7.05 Å². The minimum absolute atomic E-state index is 0.0536. The fourth-order valence-corrected chi connectivity index (χ4v) is 2.51. The highest BCUT2D eigenvalue weighted by Gasteiger charge is 2.09. The molecular weight excluding hydrogens is 316 g/mol. The highest BCUT2D eigenvalue weighted by molar-refractivity contribution is 5.93. The highest BCUT2D eigenvalue weighted by Crippen LogP contribution is 2.15. The molecule has 0 saturated carbocycles. The molecule has 134 valence electrons. The second-order valence-corrected chi connectivity index (χ2v) is 6.13. The fourth-order valence-electron chi connectivity index (χ4n) is 2.51. The number of rotatable bonds is 7. The number of nitrogens with zero attached hydrogens (tertiary/aromatic N) is 1. The van der Waals surface area contributed by atoms with Crippen molar-refractivity contribution in [3.05, 3.63) is 48.3 Å². The lowest BCUT2D eigenvalue weighted by Gasteiger charge is -2.15. The second-order valence-electron chi connectivity index (χ2n) is 6.13. The van der Waals surface area contributed by atoms with Gasteiger partial charge < -0.3 is 20.5 Å². The van der Waals surface area contributed by atoms with Crippen LogP contribution in [0.4, 0.5) is 16.2 Å². The molecule has 0 aliphatic carbocycles. The lowest BCUT2D eigenvalue weighted by Crippen LogP contribution is -2.36. The molecule has 0 saturated heterocycles. The number of aryl methyl sites for hydroxylation is 2. The molecule has 0 fully saturated rings. The molecule has 1 aromatic heterocycles. The molecule has 3 N–H and O–H groups in total. The van der Waals surface area contributed by atoms with Crippen molar-refractivity contribution in [2.45, 2.75) is 39.2 Å². The number of amides is 3. The summed E-state index contributed by atoms with van der Waals surface area (Å²) in [6, 6.07) is 11.0. The Labute approximate surface area is 148 Å². The molecule has 25 heavy (non-hydrogen) atoms. The van der Waals surface area contributed by atoms with E-state index in [1.807, 2.05) is 26.2 Å². The van der Waals surface area contributed by atoms with Gasteiger partial charge in [-0.3, -0.25) is 4.79 Å². The van der Waals surface area contributed by atoms with Gasteiger partial charge in [-0.1, -0.05) is 13.0 Å². The summed E-state index contributed by atoms with van der Waals surface area (Å²) in [5.74, 6) is -0.0594. The zero-order valence-electron chi connectivity index (χ0n) is 15.0. The molecular formula is C19H26N4O2. The summed E-state index contributed by atoms with van der Waals surface area (Å²) in [7, 11) is 2.02. The number of anilines is 2. The molecule has 1 atom stereocenters. The first-order chi connectivity index (χ1) is 12.0. The molecule has 1 heterocycles. The van der Waals surface area contributed by atoms with Gasteiger partial charge in [0.05, 0.1) is 0 Å². The fraction of sp³-hybridized carbons (Fsp3) is 0.368. The van der Waals surface area contributed by atoms with Crippen molar-refractivity contribution in [1.82, 2.24) is 9.88 Å². The first-order valence-electron chi connectivity index (χ1n) is 8.55. The van der Waals surface area contributed by atoms with Gasteiger partial charge >= 0.3 is 6.03 Å². The lowest BCUT2D eigenvalue weighted by atomic mass is 10.1. The molecule has 2 aromatic rings. The number of carbonyl (C=O) groups is 2. The van der Waals surface area contributed by atoms with Crippen LogP contribution in [0.15, 0.2) is 42.6 Å². The average Bonchev–Trinajstić information content (AvgIpc) is 2.98. The van der Waals surface area contributed by atoms with Crippen LogP contribution in [0.1, 0.15) is 32.4 Å². The Bertz CT molecular complexity index is 724. The van der Waals surface area contributed by atoms with Crippen LogP contribution in [0.2, 0.25) is 0 Å². The second kappa shape index (κ2) is 8.92. The monoisotopic (exact) mass is 342 g/mol. The van der Waals surface area contributed by atoms with Crippen LogP contribution in [0.3, 0.4) is 0 Å². The highest BCUT2D eigenvalue weighted by atomic mass is 16.2. The SMILES string of the molecule is CCC(=O)Nc1cccc(NC(=O)N[C@@H](C)CCc2cccn2C)c1. The quantitative estimate of drug-likeness (QED) is 0.720. The van der Waals surface area contributed by atoms with Gasteiger partial charge in [-0.2, -0.15) is 0 Å². The summed E-state index contributed by atoms with van der Waals surface area (Å²) in [4.78, 5) is 23.6. The zero-order chi connectivity index (χ0) is 18.2. The van der Waals surface area contributed by atoms with Crippen molar-refractivity contribution >= 4 is 23.3 Å². The Hall–Kier alpha value is -2.76. The number of benzene rings is 1. The summed E-state index contributed by atoms with van der Waals surface area (Å²) in [6.45, 7) is 3.78. The minimum Gasteiger partial charge on any atom is -0.354 e. The Kier molecular flexibility index (Phi) is 6.62. The summed E-state index contributed by atoms with van der Waals surface area (Å²) in [5, 5.41) is 8.51. The van der Waals surface area contributed by atoms with E-state index in [1.54, 1.807) is 31.2 Å². The first-order valence-corrected chi connectivity index (χ1v) is 8.55. The number of carbonyl (C=O) groups excluding carboxylic acids is 2. The summed E-state index contributed by atoms with van der Waals surface area (Å²) in [6.07, 6.45) is 4.20. The molecule has 0 unspecified atom stereocenters. The molecule has 3 amide bonds. The number of urea groups is 1. The smallest absolute Gasteiger partial charge is 0.319 e. The van der Waals surface area contributed by atoms with E-state index in [0.29, 0.717) is 17.8 Å². The predicted molar refractivity (Wildman–Crippen MR) is 101 cm³/mol. The van der Waals surface area contributed by atoms with E-state index in [0.717, 1.165) is 12.8 Å². The van der Waals surface area contributed by atoms with Gasteiger partial charge in [-0.15, -0.1) is 0 Å². The molecule has 0 radical (unpaired) electrons. The average molecular weight is 342 g/mol. The van der Waals surface area contributed by atoms with Gasteiger partial charge in [-0.25, -0.2) is 4.79 Å². The third-order valence-electron chi connectivity index (χ3n) is 3.99. The minimum atomic E-state index is -0.252. The van der Waals surface area contributed by atoms with Crippen molar-refractivity contribution < 1.29 is 9.59 Å². The van der Waals surface area contributed by atoms with E-state index in [4.69, 9.17) is 0 Å². The van der Waals surface area contributed by atoms with E-state index in [9.17, 15) is 9.59 Å². The van der Waals surface area contributed by atoms with Crippen molar-refractivity contribution in [3.8, 4) is 0 Å². The molecule has 6 nitrogen and oxygen atoms in total. The van der Waals surface area contributed by atoms with Gasteiger partial charge in [0.25, 0.3) is 0 Å². The molecule has 0 bridgehead atoms. The summed E-state index contributed by atoms with van der Waals surface area (Å²) in [5.41, 5.74) is 2.55. The third kappa shape index (κ3) is 5.99. The Morgan fingerprint density at radius 3 is 2.48 bits per heavy atom. The molecule has 0 spiro atoms. The Balaban J connectivity index is 1.82. The van der Waals surface area contributed by atoms with Crippen molar-refractivity contribution in [3.63, 3.8) is 0 Å². The summed E-state index contributed by atoms with van der Waals surface area (Å²) >= 11 is 0. The normalized spacial score (nSPS) is 11.6. The van der Waals surface area contributed by atoms with Crippen LogP contribution in [-0.2, 0) is 18.3 Å². The van der Waals surface area contributed by atoms with E-state index in [1.165, 1.54) is 5.69 Å². The van der Waals surface area contributed by atoms with E-state index < -0.39 is 0 Å². The third-order valence-corrected chi connectivity index (χ3v) is 3.99. The topological polar surface area (TPSA) is 75.2 Å². The molecule has 1 aromatic carbocycles. The standard InChI is InChI=1S/C19H26N4O2/c1-4-18(24)21-15-7-5-8-16(13-15)22-19(25)20-14(2)10-11-17-9-6-12-23(17)3/h5-9,12-14H,4,10-11H2,1-3H3,(H,21,24)(H2,20,22,25)/t14-/m0/s1. The zero-order valence-corrected chi connectivity index (χ0v) is 15.0. The lowest BCUT2D eigenvalue weighted by molar-refractivity contribution is -0.115. The molecule has 6 heteroatoms. The van der Waals surface area contributed by atoms with Gasteiger partial charge in [0.1, 0.15) is 0 Å². The first kappa shape index (κ1) is 18.6. The maximum absolute atomic E-state index is 12.1. The van der Waals surface area contributed by atoms with Gasteiger partial charge in [0, 0.05) is 42.8 Å². The summed E-state index contributed by atoms with van der Waals surface area (Å²) < 4.78 is 2.09. The number of nitrogens with one attached hydrogen (secondary N) is 3. The van der Waals surface area contributed by atoms with Crippen LogP contribution >= 0.6 is 0 Å². The van der Waals surface area contributed by atoms with Crippen molar-refractivity contribution in [2.75, 3.05) is 10.6 Å². The van der Waals surface area contributed by atoms with Crippen LogP contribution < -0.4 is 16.0 Å². The Morgan fingerprint density at radius 1 is 1.12 bits per heavy atom. The Morgan fingerprint density at radius 2 is 1.84 bits per heavy atom. The van der Waals surface area contributed by atoms with Gasteiger partial charge in [0.15, 0.2) is 0 Å². The van der Waals surface area contributed by atoms with E-state index >= 15 is 0 Å². The van der Waals surface area contributed by atoms with Crippen LogP contribution in [0, 0.1) is 0 Å². The van der Waals surface area contributed by atoms with E-state index in [2.05, 4.69) is 26.6 Å². The van der Waals surface area contributed by atoms with Gasteiger partial charge in [-0.05, 0) is 50.1 Å². The molecule has 0 aliphatic heterocycles.